The van der Waals surface area contributed by atoms with Crippen molar-refractivity contribution in [2.24, 2.45) is 23.2 Å². The molecule has 0 aromatic carbocycles. The van der Waals surface area contributed by atoms with Crippen molar-refractivity contribution in [3.05, 3.63) is 0 Å². The van der Waals surface area contributed by atoms with Gasteiger partial charge in [-0.3, -0.25) is 4.79 Å². The summed E-state index contributed by atoms with van der Waals surface area (Å²) >= 11 is 3.56. The van der Waals surface area contributed by atoms with Gasteiger partial charge in [0, 0.05) is 16.3 Å². The lowest BCUT2D eigenvalue weighted by Crippen LogP contribution is -2.58. The van der Waals surface area contributed by atoms with Crippen LogP contribution in [0.5, 0.6) is 0 Å². The SMILES string of the molecule is CCC(C)(CBr)NC(=O)C12CC3CC(CC(C3)C1)C2. The highest BCUT2D eigenvalue weighted by atomic mass is 79.9. The van der Waals surface area contributed by atoms with Crippen LogP contribution in [0.3, 0.4) is 0 Å². The Bertz CT molecular complexity index is 340. The van der Waals surface area contributed by atoms with Crippen molar-refractivity contribution in [1.82, 2.24) is 5.32 Å². The second kappa shape index (κ2) is 4.75. The summed E-state index contributed by atoms with van der Waals surface area (Å²) in [6, 6.07) is 0. The predicted octanol–water partition coefficient (Wildman–Crippen LogP) is 3.88. The summed E-state index contributed by atoms with van der Waals surface area (Å²) in [4.78, 5) is 12.9. The molecule has 0 aliphatic heterocycles. The first kappa shape index (κ1) is 13.9. The van der Waals surface area contributed by atoms with Gasteiger partial charge in [-0.15, -0.1) is 0 Å². The van der Waals surface area contributed by atoms with Crippen LogP contribution in [0, 0.1) is 23.2 Å². The van der Waals surface area contributed by atoms with Crippen LogP contribution in [0.2, 0.25) is 0 Å². The summed E-state index contributed by atoms with van der Waals surface area (Å²) in [5, 5.41) is 4.21. The topological polar surface area (TPSA) is 29.1 Å². The van der Waals surface area contributed by atoms with E-state index in [2.05, 4.69) is 35.1 Å². The van der Waals surface area contributed by atoms with E-state index < -0.39 is 0 Å². The van der Waals surface area contributed by atoms with E-state index in [4.69, 9.17) is 0 Å². The largest absolute Gasteiger partial charge is 0.350 e. The maximum Gasteiger partial charge on any atom is 0.226 e. The number of rotatable bonds is 4. The van der Waals surface area contributed by atoms with Gasteiger partial charge in [0.25, 0.3) is 0 Å². The molecule has 108 valence electrons. The molecule has 4 fully saturated rings. The van der Waals surface area contributed by atoms with E-state index in [-0.39, 0.29) is 11.0 Å². The van der Waals surface area contributed by atoms with Gasteiger partial charge in [-0.05, 0) is 69.6 Å². The van der Waals surface area contributed by atoms with Gasteiger partial charge in [0.05, 0.1) is 0 Å². The molecule has 4 aliphatic carbocycles. The van der Waals surface area contributed by atoms with Crippen LogP contribution in [0.15, 0.2) is 0 Å². The van der Waals surface area contributed by atoms with E-state index in [1.807, 2.05) is 0 Å². The van der Waals surface area contributed by atoms with Crippen molar-refractivity contribution < 1.29 is 4.79 Å². The Labute approximate surface area is 125 Å². The second-order valence-corrected chi connectivity index (χ2v) is 8.26. The van der Waals surface area contributed by atoms with E-state index in [0.29, 0.717) is 5.91 Å². The Morgan fingerprint density at radius 2 is 1.68 bits per heavy atom. The minimum atomic E-state index is -0.0829. The summed E-state index contributed by atoms with van der Waals surface area (Å²) in [5.41, 5.74) is -0.0895. The van der Waals surface area contributed by atoms with Crippen molar-refractivity contribution in [2.45, 2.75) is 64.3 Å². The molecule has 0 spiro atoms. The summed E-state index contributed by atoms with van der Waals surface area (Å²) in [5.74, 6) is 2.88. The monoisotopic (exact) mass is 327 g/mol. The van der Waals surface area contributed by atoms with Gasteiger partial charge in [-0.2, -0.15) is 0 Å². The maximum atomic E-state index is 12.9. The maximum absolute atomic E-state index is 12.9. The Kier molecular flexibility index (Phi) is 3.48. The minimum absolute atomic E-state index is 0.00660. The molecular weight excluding hydrogens is 302 g/mol. The molecule has 0 heterocycles. The third-order valence-corrected chi connectivity index (χ3v) is 7.25. The molecule has 4 bridgehead atoms. The summed E-state index contributed by atoms with van der Waals surface area (Å²) < 4.78 is 0. The van der Waals surface area contributed by atoms with E-state index in [9.17, 15) is 4.79 Å². The van der Waals surface area contributed by atoms with Crippen molar-refractivity contribution in [3.8, 4) is 0 Å². The van der Waals surface area contributed by atoms with Crippen LogP contribution in [0.1, 0.15) is 58.8 Å². The van der Waals surface area contributed by atoms with Crippen molar-refractivity contribution >= 4 is 21.8 Å². The highest BCUT2D eigenvalue weighted by Gasteiger charge is 2.55. The van der Waals surface area contributed by atoms with E-state index >= 15 is 0 Å². The van der Waals surface area contributed by atoms with Crippen LogP contribution in [-0.2, 0) is 4.79 Å². The van der Waals surface area contributed by atoms with E-state index in [1.165, 1.54) is 19.3 Å². The molecule has 3 heteroatoms. The number of halogens is 1. The van der Waals surface area contributed by atoms with Gasteiger partial charge in [0.1, 0.15) is 0 Å². The van der Waals surface area contributed by atoms with E-state index in [0.717, 1.165) is 48.8 Å². The predicted molar refractivity (Wildman–Crippen MR) is 81.2 cm³/mol. The lowest BCUT2D eigenvalue weighted by atomic mass is 9.49. The molecule has 0 aromatic rings. The molecule has 0 radical (unpaired) electrons. The quantitative estimate of drug-likeness (QED) is 0.780. The van der Waals surface area contributed by atoms with Crippen molar-refractivity contribution in [2.75, 3.05) is 5.33 Å². The average Bonchev–Trinajstić information content (AvgIpc) is 2.37. The fourth-order valence-corrected chi connectivity index (χ4v) is 5.55. The Morgan fingerprint density at radius 1 is 1.21 bits per heavy atom. The number of carbonyl (C=O) groups is 1. The first-order valence-corrected chi connectivity index (χ1v) is 8.99. The molecule has 4 rings (SSSR count). The van der Waals surface area contributed by atoms with Gasteiger partial charge < -0.3 is 5.32 Å². The van der Waals surface area contributed by atoms with E-state index in [1.54, 1.807) is 0 Å². The normalized spacial score (nSPS) is 43.0. The molecule has 1 atom stereocenters. The molecule has 1 N–H and O–H groups in total. The zero-order valence-electron chi connectivity index (χ0n) is 12.2. The zero-order chi connectivity index (χ0) is 13.7. The zero-order valence-corrected chi connectivity index (χ0v) is 13.8. The minimum Gasteiger partial charge on any atom is -0.350 e. The van der Waals surface area contributed by atoms with Crippen LogP contribution in [-0.4, -0.2) is 16.8 Å². The molecule has 2 nitrogen and oxygen atoms in total. The number of amides is 1. The first-order valence-electron chi connectivity index (χ1n) is 7.87. The Balaban J connectivity index is 1.76. The van der Waals surface area contributed by atoms with Crippen LogP contribution in [0.25, 0.3) is 0 Å². The molecule has 4 aliphatic rings. The molecular formula is C16H26BrNO. The van der Waals surface area contributed by atoms with Gasteiger partial charge in [0.2, 0.25) is 5.91 Å². The fourth-order valence-electron chi connectivity index (χ4n) is 5.01. The summed E-state index contributed by atoms with van der Waals surface area (Å²) in [6.45, 7) is 4.31. The van der Waals surface area contributed by atoms with Crippen LogP contribution < -0.4 is 5.32 Å². The second-order valence-electron chi connectivity index (χ2n) is 7.70. The number of hydrogen-bond donors (Lipinski definition) is 1. The Hall–Kier alpha value is -0.0500. The first-order chi connectivity index (χ1) is 8.98. The highest BCUT2D eigenvalue weighted by Crippen LogP contribution is 2.60. The molecule has 1 unspecified atom stereocenters. The van der Waals surface area contributed by atoms with Crippen LogP contribution >= 0.6 is 15.9 Å². The number of alkyl halides is 1. The molecule has 4 saturated carbocycles. The lowest BCUT2D eigenvalue weighted by molar-refractivity contribution is -0.148. The van der Waals surface area contributed by atoms with Gasteiger partial charge in [0.15, 0.2) is 0 Å². The number of nitrogens with one attached hydrogen (secondary N) is 1. The third kappa shape index (κ3) is 2.36. The van der Waals surface area contributed by atoms with Gasteiger partial charge in [-0.25, -0.2) is 0 Å². The van der Waals surface area contributed by atoms with Gasteiger partial charge >= 0.3 is 0 Å². The van der Waals surface area contributed by atoms with Gasteiger partial charge in [-0.1, -0.05) is 22.9 Å². The number of hydrogen-bond acceptors (Lipinski definition) is 1. The lowest BCUT2D eigenvalue weighted by Gasteiger charge is -2.56. The molecule has 0 aromatic heterocycles. The third-order valence-electron chi connectivity index (χ3n) is 6.01. The summed E-state index contributed by atoms with van der Waals surface area (Å²) in [7, 11) is 0. The smallest absolute Gasteiger partial charge is 0.226 e. The Morgan fingerprint density at radius 3 is 2.05 bits per heavy atom. The molecule has 0 saturated heterocycles. The number of carbonyl (C=O) groups excluding carboxylic acids is 1. The van der Waals surface area contributed by atoms with Crippen molar-refractivity contribution in [3.63, 3.8) is 0 Å². The highest BCUT2D eigenvalue weighted by molar-refractivity contribution is 9.09. The molecule has 1 amide bonds. The standard InChI is InChI=1S/C16H26BrNO/c1-3-15(2,10-17)18-14(19)16-7-11-4-12(8-16)6-13(5-11)9-16/h11-13H,3-10H2,1-2H3,(H,18,19). The van der Waals surface area contributed by atoms with Crippen LogP contribution in [0.4, 0.5) is 0 Å². The summed E-state index contributed by atoms with van der Waals surface area (Å²) in [6.07, 6.45) is 8.66. The fraction of sp³-hybridized carbons (Fsp3) is 0.938. The molecule has 19 heavy (non-hydrogen) atoms. The average molecular weight is 328 g/mol. The van der Waals surface area contributed by atoms with Crippen molar-refractivity contribution in [1.29, 1.82) is 0 Å².